The van der Waals surface area contributed by atoms with Crippen molar-refractivity contribution in [2.75, 3.05) is 0 Å². The van der Waals surface area contributed by atoms with E-state index in [9.17, 15) is 22.7 Å². The summed E-state index contributed by atoms with van der Waals surface area (Å²) in [5.74, 6) is -0.901. The Morgan fingerprint density at radius 2 is 1.95 bits per heavy atom. The molecule has 3 atom stereocenters. The number of benzene rings is 1. The fourth-order valence-corrected chi connectivity index (χ4v) is 3.67. The van der Waals surface area contributed by atoms with E-state index in [2.05, 4.69) is 0 Å². The van der Waals surface area contributed by atoms with Crippen molar-refractivity contribution in [1.29, 1.82) is 0 Å². The van der Waals surface area contributed by atoms with E-state index in [4.69, 9.17) is 0 Å². The standard InChI is InChI=1S/C14H14F4O/c15-12-4-3-10(6-11(12)14(16,17)18)13(19)7-8-1-2-9(13)5-8/h3-4,6,8-9,19H,1-2,5,7H2. The van der Waals surface area contributed by atoms with Crippen LogP contribution >= 0.6 is 0 Å². The van der Waals surface area contributed by atoms with Crippen LogP contribution in [0.15, 0.2) is 18.2 Å². The number of alkyl halides is 3. The van der Waals surface area contributed by atoms with Crippen LogP contribution in [0.1, 0.15) is 36.8 Å². The minimum atomic E-state index is -4.73. The Morgan fingerprint density at radius 3 is 2.47 bits per heavy atom. The molecule has 0 aromatic heterocycles. The lowest BCUT2D eigenvalue weighted by molar-refractivity contribution is -0.140. The van der Waals surface area contributed by atoms with E-state index in [1.165, 1.54) is 6.07 Å². The molecular weight excluding hydrogens is 260 g/mol. The van der Waals surface area contributed by atoms with Crippen LogP contribution in [-0.2, 0) is 11.8 Å². The van der Waals surface area contributed by atoms with E-state index in [1.807, 2.05) is 0 Å². The molecule has 0 radical (unpaired) electrons. The van der Waals surface area contributed by atoms with Gasteiger partial charge in [0.25, 0.3) is 0 Å². The van der Waals surface area contributed by atoms with Gasteiger partial charge in [-0.2, -0.15) is 13.2 Å². The average molecular weight is 274 g/mol. The van der Waals surface area contributed by atoms with Gasteiger partial charge >= 0.3 is 6.18 Å². The first-order valence-corrected chi connectivity index (χ1v) is 6.40. The van der Waals surface area contributed by atoms with Crippen LogP contribution in [0.4, 0.5) is 17.6 Å². The minimum Gasteiger partial charge on any atom is -0.385 e. The van der Waals surface area contributed by atoms with Crippen LogP contribution in [0, 0.1) is 17.7 Å². The molecule has 2 saturated carbocycles. The van der Waals surface area contributed by atoms with E-state index in [0.717, 1.165) is 31.4 Å². The highest BCUT2D eigenvalue weighted by atomic mass is 19.4. The largest absolute Gasteiger partial charge is 0.419 e. The van der Waals surface area contributed by atoms with Gasteiger partial charge in [-0.15, -0.1) is 0 Å². The van der Waals surface area contributed by atoms with E-state index in [1.54, 1.807) is 0 Å². The summed E-state index contributed by atoms with van der Waals surface area (Å²) in [4.78, 5) is 0. The summed E-state index contributed by atoms with van der Waals surface area (Å²) < 4.78 is 51.4. The van der Waals surface area contributed by atoms with E-state index in [-0.39, 0.29) is 11.5 Å². The molecule has 2 bridgehead atoms. The lowest BCUT2D eigenvalue weighted by Gasteiger charge is -2.33. The van der Waals surface area contributed by atoms with Crippen molar-refractivity contribution < 1.29 is 22.7 Å². The molecule has 0 saturated heterocycles. The maximum absolute atomic E-state index is 13.3. The topological polar surface area (TPSA) is 20.2 Å². The van der Waals surface area contributed by atoms with Crippen LogP contribution in [0.2, 0.25) is 0 Å². The molecule has 19 heavy (non-hydrogen) atoms. The minimum absolute atomic E-state index is 0.00375. The second-order valence-corrected chi connectivity index (χ2v) is 5.70. The van der Waals surface area contributed by atoms with Crippen molar-refractivity contribution in [3.8, 4) is 0 Å². The zero-order valence-corrected chi connectivity index (χ0v) is 10.2. The van der Waals surface area contributed by atoms with Gasteiger partial charge in [-0.25, -0.2) is 4.39 Å². The summed E-state index contributed by atoms with van der Waals surface area (Å²) in [6, 6.07) is 2.86. The van der Waals surface area contributed by atoms with Gasteiger partial charge in [-0.3, -0.25) is 0 Å². The molecule has 1 nitrogen and oxygen atoms in total. The normalized spacial score (nSPS) is 33.9. The molecule has 2 fully saturated rings. The van der Waals surface area contributed by atoms with E-state index in [0.29, 0.717) is 12.3 Å². The van der Waals surface area contributed by atoms with E-state index < -0.39 is 23.2 Å². The number of rotatable bonds is 1. The van der Waals surface area contributed by atoms with E-state index >= 15 is 0 Å². The fraction of sp³-hybridized carbons (Fsp3) is 0.571. The molecule has 2 aliphatic rings. The van der Waals surface area contributed by atoms with Crippen LogP contribution in [0.25, 0.3) is 0 Å². The maximum atomic E-state index is 13.3. The van der Waals surface area contributed by atoms with Gasteiger partial charge in [-0.05, 0) is 55.2 Å². The van der Waals surface area contributed by atoms with Crippen molar-refractivity contribution in [2.45, 2.75) is 37.5 Å². The number of fused-ring (bicyclic) bond motifs is 2. The number of halogens is 4. The summed E-state index contributed by atoms with van der Waals surface area (Å²) in [7, 11) is 0. The van der Waals surface area contributed by atoms with Crippen molar-refractivity contribution in [3.05, 3.63) is 35.1 Å². The third-order valence-corrected chi connectivity index (χ3v) is 4.59. The smallest absolute Gasteiger partial charge is 0.385 e. The molecule has 3 rings (SSSR count). The first kappa shape index (κ1) is 12.9. The molecule has 1 N–H and O–H groups in total. The average Bonchev–Trinajstić information content (AvgIpc) is 2.88. The first-order valence-electron chi connectivity index (χ1n) is 6.40. The molecule has 2 aliphatic carbocycles. The SMILES string of the molecule is OC1(c2ccc(F)c(C(F)(F)F)c2)CC2CCC1C2. The van der Waals surface area contributed by atoms with Crippen molar-refractivity contribution in [3.63, 3.8) is 0 Å². The quantitative estimate of drug-likeness (QED) is 0.771. The molecule has 0 heterocycles. The molecular formula is C14H14F4O. The van der Waals surface area contributed by atoms with Crippen molar-refractivity contribution in [1.82, 2.24) is 0 Å². The molecule has 0 aliphatic heterocycles. The highest BCUT2D eigenvalue weighted by molar-refractivity contribution is 5.33. The Balaban J connectivity index is 2.03. The predicted molar refractivity (Wildman–Crippen MR) is 60.7 cm³/mol. The van der Waals surface area contributed by atoms with Crippen molar-refractivity contribution in [2.24, 2.45) is 11.8 Å². The number of hydrogen-bond acceptors (Lipinski definition) is 1. The van der Waals surface area contributed by atoms with Gasteiger partial charge in [0, 0.05) is 0 Å². The first-order chi connectivity index (χ1) is 8.80. The van der Waals surface area contributed by atoms with Gasteiger partial charge < -0.3 is 5.11 Å². The van der Waals surface area contributed by atoms with Gasteiger partial charge in [0.1, 0.15) is 5.82 Å². The monoisotopic (exact) mass is 274 g/mol. The van der Waals surface area contributed by atoms with Crippen LogP contribution < -0.4 is 0 Å². The zero-order chi connectivity index (χ0) is 13.8. The van der Waals surface area contributed by atoms with Crippen LogP contribution in [-0.4, -0.2) is 5.11 Å². The second kappa shape index (κ2) is 3.95. The summed E-state index contributed by atoms with van der Waals surface area (Å²) in [5, 5.41) is 10.6. The predicted octanol–water partition coefficient (Wildman–Crippen LogP) is 3.85. The molecule has 1 aromatic carbocycles. The highest BCUT2D eigenvalue weighted by Crippen LogP contribution is 2.55. The maximum Gasteiger partial charge on any atom is 0.419 e. The zero-order valence-electron chi connectivity index (χ0n) is 10.2. The lowest BCUT2D eigenvalue weighted by Crippen LogP contribution is -2.32. The molecule has 3 unspecified atom stereocenters. The Bertz CT molecular complexity index is 511. The second-order valence-electron chi connectivity index (χ2n) is 5.70. The fourth-order valence-electron chi connectivity index (χ4n) is 3.67. The van der Waals surface area contributed by atoms with Crippen molar-refractivity contribution >= 4 is 0 Å². The highest BCUT2D eigenvalue weighted by Gasteiger charge is 2.51. The molecule has 104 valence electrons. The molecule has 0 spiro atoms. The Labute approximate surface area is 108 Å². The lowest BCUT2D eigenvalue weighted by atomic mass is 9.78. The van der Waals surface area contributed by atoms with Gasteiger partial charge in [0.2, 0.25) is 0 Å². The summed E-state index contributed by atoms with van der Waals surface area (Å²) in [6.45, 7) is 0. The van der Waals surface area contributed by atoms with Gasteiger partial charge in [-0.1, -0.05) is 6.07 Å². The summed E-state index contributed by atoms with van der Waals surface area (Å²) >= 11 is 0. The van der Waals surface area contributed by atoms with Gasteiger partial charge in [0.15, 0.2) is 0 Å². The number of aliphatic hydroxyl groups is 1. The Kier molecular flexibility index (Phi) is 2.68. The van der Waals surface area contributed by atoms with Crippen LogP contribution in [0.5, 0.6) is 0 Å². The molecule has 0 amide bonds. The summed E-state index contributed by atoms with van der Waals surface area (Å²) in [6.07, 6.45) is -1.52. The Morgan fingerprint density at radius 1 is 1.21 bits per heavy atom. The van der Waals surface area contributed by atoms with Gasteiger partial charge in [0.05, 0.1) is 11.2 Å². The number of hydrogen-bond donors (Lipinski definition) is 1. The molecule has 1 aromatic rings. The third kappa shape index (κ3) is 1.95. The van der Waals surface area contributed by atoms with Crippen LogP contribution in [0.3, 0.4) is 0 Å². The molecule has 5 heteroatoms. The Hall–Kier alpha value is -1.10. The third-order valence-electron chi connectivity index (χ3n) is 4.59. The summed E-state index contributed by atoms with van der Waals surface area (Å²) in [5.41, 5.74) is -2.30.